The van der Waals surface area contributed by atoms with E-state index < -0.39 is 17.7 Å². The second-order valence-electron chi connectivity index (χ2n) is 5.59. The molecule has 3 N–H and O–H groups in total. The van der Waals surface area contributed by atoms with Gasteiger partial charge in [0.1, 0.15) is 0 Å². The largest absolute Gasteiger partial charge is 0.398 e. The Kier molecular flexibility index (Phi) is 4.90. The molecule has 25 heavy (non-hydrogen) atoms. The number of benzene rings is 3. The SMILES string of the molecule is Nc1cc[c]cc1C(=O)NC(=O)C(c1ccccc1)c1ccccc1. The number of hydrogen-bond acceptors (Lipinski definition) is 3. The highest BCUT2D eigenvalue weighted by atomic mass is 16.2. The molecule has 3 aromatic rings. The zero-order chi connectivity index (χ0) is 17.6. The fourth-order valence-corrected chi connectivity index (χ4v) is 2.68. The summed E-state index contributed by atoms with van der Waals surface area (Å²) in [6, 6.07) is 26.2. The van der Waals surface area contributed by atoms with E-state index in [-0.39, 0.29) is 5.56 Å². The van der Waals surface area contributed by atoms with Gasteiger partial charge in [0.05, 0.1) is 11.5 Å². The van der Waals surface area contributed by atoms with Crippen LogP contribution in [-0.2, 0) is 4.79 Å². The van der Waals surface area contributed by atoms with E-state index in [0.29, 0.717) is 5.69 Å². The Balaban J connectivity index is 1.90. The maximum absolute atomic E-state index is 12.9. The number of hydrogen-bond donors (Lipinski definition) is 2. The van der Waals surface area contributed by atoms with Crippen molar-refractivity contribution in [2.24, 2.45) is 0 Å². The van der Waals surface area contributed by atoms with Crippen molar-refractivity contribution in [3.63, 3.8) is 0 Å². The molecule has 2 amide bonds. The Morgan fingerprint density at radius 3 is 1.96 bits per heavy atom. The van der Waals surface area contributed by atoms with Crippen LogP contribution in [0.3, 0.4) is 0 Å². The van der Waals surface area contributed by atoms with Crippen LogP contribution in [0.25, 0.3) is 0 Å². The monoisotopic (exact) mass is 329 g/mol. The summed E-state index contributed by atoms with van der Waals surface area (Å²) in [5.74, 6) is -1.51. The maximum atomic E-state index is 12.9. The number of nitrogen functional groups attached to an aromatic ring is 1. The van der Waals surface area contributed by atoms with Gasteiger partial charge in [0.2, 0.25) is 5.91 Å². The second-order valence-corrected chi connectivity index (χ2v) is 5.59. The van der Waals surface area contributed by atoms with Gasteiger partial charge < -0.3 is 5.73 Å². The zero-order valence-corrected chi connectivity index (χ0v) is 13.5. The van der Waals surface area contributed by atoms with Crippen LogP contribution in [0.1, 0.15) is 27.4 Å². The van der Waals surface area contributed by atoms with E-state index in [1.165, 1.54) is 6.07 Å². The minimum atomic E-state index is -0.583. The lowest BCUT2D eigenvalue weighted by atomic mass is 9.90. The van der Waals surface area contributed by atoms with Crippen LogP contribution in [-0.4, -0.2) is 11.8 Å². The molecule has 0 aliphatic carbocycles. The van der Waals surface area contributed by atoms with Crippen LogP contribution in [0.2, 0.25) is 0 Å². The summed E-state index contributed by atoms with van der Waals surface area (Å²) >= 11 is 0. The molecule has 3 aromatic carbocycles. The van der Waals surface area contributed by atoms with Crippen molar-refractivity contribution in [2.45, 2.75) is 5.92 Å². The summed E-state index contributed by atoms with van der Waals surface area (Å²) in [6.45, 7) is 0. The van der Waals surface area contributed by atoms with Gasteiger partial charge in [0, 0.05) is 5.69 Å². The highest BCUT2D eigenvalue weighted by molar-refractivity contribution is 6.09. The number of carbonyl (C=O) groups is 2. The first-order chi connectivity index (χ1) is 12.2. The molecule has 0 fully saturated rings. The fourth-order valence-electron chi connectivity index (χ4n) is 2.68. The van der Waals surface area contributed by atoms with Gasteiger partial charge in [-0.05, 0) is 29.3 Å². The molecule has 4 heteroatoms. The van der Waals surface area contributed by atoms with E-state index in [0.717, 1.165) is 11.1 Å². The minimum absolute atomic E-state index is 0.232. The molecular weight excluding hydrogens is 312 g/mol. The number of anilines is 1. The molecule has 0 saturated heterocycles. The van der Waals surface area contributed by atoms with Crippen molar-refractivity contribution < 1.29 is 9.59 Å². The molecule has 1 radical (unpaired) electrons. The molecule has 123 valence electrons. The summed E-state index contributed by atoms with van der Waals surface area (Å²) in [5, 5.41) is 2.46. The lowest BCUT2D eigenvalue weighted by Gasteiger charge is -2.17. The predicted molar refractivity (Wildman–Crippen MR) is 96.9 cm³/mol. The number of amides is 2. The molecule has 0 saturated carbocycles. The average molecular weight is 329 g/mol. The van der Waals surface area contributed by atoms with E-state index in [9.17, 15) is 9.59 Å². The molecule has 0 heterocycles. The molecule has 0 spiro atoms. The molecule has 3 rings (SSSR count). The fraction of sp³-hybridized carbons (Fsp3) is 0.0476. The number of nitrogens with one attached hydrogen (secondary N) is 1. The highest BCUT2D eigenvalue weighted by Crippen LogP contribution is 2.25. The van der Waals surface area contributed by atoms with Crippen molar-refractivity contribution in [2.75, 3.05) is 5.73 Å². The Bertz CT molecular complexity index is 837. The third-order valence-corrected chi connectivity index (χ3v) is 3.91. The van der Waals surface area contributed by atoms with E-state index in [4.69, 9.17) is 5.73 Å². The summed E-state index contributed by atoms with van der Waals surface area (Å²) in [7, 11) is 0. The normalized spacial score (nSPS) is 10.4. The van der Waals surface area contributed by atoms with Gasteiger partial charge in [-0.15, -0.1) is 0 Å². The van der Waals surface area contributed by atoms with Crippen molar-refractivity contribution in [3.8, 4) is 0 Å². The van der Waals surface area contributed by atoms with E-state index in [2.05, 4.69) is 11.4 Å². The van der Waals surface area contributed by atoms with E-state index >= 15 is 0 Å². The smallest absolute Gasteiger partial charge is 0.259 e. The van der Waals surface area contributed by atoms with Gasteiger partial charge in [0.25, 0.3) is 5.91 Å². The van der Waals surface area contributed by atoms with Crippen molar-refractivity contribution >= 4 is 17.5 Å². The number of nitrogens with two attached hydrogens (primary N) is 1. The molecule has 0 unspecified atom stereocenters. The maximum Gasteiger partial charge on any atom is 0.259 e. The Hall–Kier alpha value is -3.40. The van der Waals surface area contributed by atoms with Crippen molar-refractivity contribution in [1.29, 1.82) is 0 Å². The summed E-state index contributed by atoms with van der Waals surface area (Å²) < 4.78 is 0. The number of rotatable bonds is 4. The lowest BCUT2D eigenvalue weighted by molar-refractivity contribution is -0.120. The van der Waals surface area contributed by atoms with Crippen LogP contribution in [0.4, 0.5) is 5.69 Å². The number of carbonyl (C=O) groups excluding carboxylic acids is 2. The van der Waals surface area contributed by atoms with E-state index in [1.54, 1.807) is 12.1 Å². The van der Waals surface area contributed by atoms with Gasteiger partial charge in [-0.25, -0.2) is 0 Å². The highest BCUT2D eigenvalue weighted by Gasteiger charge is 2.25. The first-order valence-electron chi connectivity index (χ1n) is 7.87. The van der Waals surface area contributed by atoms with Gasteiger partial charge in [-0.3, -0.25) is 14.9 Å². The average Bonchev–Trinajstić information content (AvgIpc) is 2.64. The first kappa shape index (κ1) is 16.5. The predicted octanol–water partition coefficient (Wildman–Crippen LogP) is 3.16. The first-order valence-corrected chi connectivity index (χ1v) is 7.87. The van der Waals surface area contributed by atoms with Crippen LogP contribution in [0, 0.1) is 6.07 Å². The Labute approximate surface area is 146 Å². The Morgan fingerprint density at radius 2 is 1.44 bits per heavy atom. The summed E-state index contributed by atoms with van der Waals surface area (Å²) in [5.41, 5.74) is 7.96. The van der Waals surface area contributed by atoms with Gasteiger partial charge in [-0.1, -0.05) is 66.7 Å². The number of imide groups is 1. The van der Waals surface area contributed by atoms with Gasteiger partial charge in [-0.2, -0.15) is 0 Å². The third kappa shape index (κ3) is 3.75. The van der Waals surface area contributed by atoms with Crippen LogP contribution in [0.5, 0.6) is 0 Å². The molecular formula is C21H17N2O2. The molecule has 0 aliphatic heterocycles. The van der Waals surface area contributed by atoms with Crippen molar-refractivity contribution in [3.05, 3.63) is 102 Å². The molecule has 0 aromatic heterocycles. The van der Waals surface area contributed by atoms with E-state index in [1.807, 2.05) is 60.7 Å². The molecule has 0 bridgehead atoms. The van der Waals surface area contributed by atoms with Crippen LogP contribution >= 0.6 is 0 Å². The lowest BCUT2D eigenvalue weighted by Crippen LogP contribution is -2.35. The summed E-state index contributed by atoms with van der Waals surface area (Å²) in [4.78, 5) is 25.3. The molecule has 0 atom stereocenters. The molecule has 0 aliphatic rings. The molecule has 4 nitrogen and oxygen atoms in total. The van der Waals surface area contributed by atoms with Gasteiger partial charge in [0.15, 0.2) is 0 Å². The van der Waals surface area contributed by atoms with Gasteiger partial charge >= 0.3 is 0 Å². The zero-order valence-electron chi connectivity index (χ0n) is 13.5. The quantitative estimate of drug-likeness (QED) is 0.722. The third-order valence-electron chi connectivity index (χ3n) is 3.91. The minimum Gasteiger partial charge on any atom is -0.398 e. The van der Waals surface area contributed by atoms with Crippen LogP contribution in [0.15, 0.2) is 78.9 Å². The summed E-state index contributed by atoms with van der Waals surface area (Å²) in [6.07, 6.45) is 0. The standard InChI is InChI=1S/C21H17N2O2/c22-18-14-8-7-13-17(18)20(24)23-21(25)19(15-9-3-1-4-10-15)16-11-5-2-6-12-16/h1-6,8-14,19H,22H2,(H,23,24,25). The van der Waals surface area contributed by atoms with Crippen LogP contribution < -0.4 is 11.1 Å². The van der Waals surface area contributed by atoms with Crippen molar-refractivity contribution in [1.82, 2.24) is 5.32 Å². The topological polar surface area (TPSA) is 72.2 Å². The Morgan fingerprint density at radius 1 is 0.880 bits per heavy atom. The second kappa shape index (κ2) is 7.45.